The minimum Gasteiger partial charge on any atom is -0.352 e. The van der Waals surface area contributed by atoms with Gasteiger partial charge >= 0.3 is 0 Å². The highest BCUT2D eigenvalue weighted by Gasteiger charge is 2.34. The third-order valence-corrected chi connectivity index (χ3v) is 4.39. The SMILES string of the molecule is Cn1cc(C(=O)NCc2nnc3n2C(C(=O)NC2CC2)CC3)cn1. The Kier molecular flexibility index (Phi) is 3.55. The van der Waals surface area contributed by atoms with Crippen LogP contribution < -0.4 is 10.6 Å². The van der Waals surface area contributed by atoms with Crippen LogP contribution in [0, 0.1) is 0 Å². The predicted octanol–water partition coefficient (Wildman–Crippen LogP) is -0.292. The molecule has 1 aliphatic carbocycles. The largest absolute Gasteiger partial charge is 0.352 e. The predicted molar refractivity (Wildman–Crippen MR) is 82.9 cm³/mol. The fourth-order valence-corrected chi connectivity index (χ4v) is 2.98. The minimum atomic E-state index is -0.277. The Hall–Kier alpha value is -2.71. The van der Waals surface area contributed by atoms with Crippen molar-refractivity contribution >= 4 is 11.8 Å². The number of hydrogen-bond donors (Lipinski definition) is 2. The lowest BCUT2D eigenvalue weighted by Crippen LogP contribution is -2.34. The molecule has 24 heavy (non-hydrogen) atoms. The van der Waals surface area contributed by atoms with Gasteiger partial charge < -0.3 is 15.2 Å². The van der Waals surface area contributed by atoms with E-state index in [2.05, 4.69) is 25.9 Å². The first-order chi connectivity index (χ1) is 11.6. The number of fused-ring (bicyclic) bond motifs is 1. The molecule has 0 radical (unpaired) electrons. The molecular weight excluding hydrogens is 310 g/mol. The molecule has 1 atom stereocenters. The molecule has 1 unspecified atom stereocenters. The van der Waals surface area contributed by atoms with E-state index in [9.17, 15) is 9.59 Å². The van der Waals surface area contributed by atoms with Crippen LogP contribution in [0.3, 0.4) is 0 Å². The van der Waals surface area contributed by atoms with Gasteiger partial charge in [0.2, 0.25) is 5.91 Å². The quantitative estimate of drug-likeness (QED) is 0.784. The van der Waals surface area contributed by atoms with Crippen molar-refractivity contribution in [1.82, 2.24) is 35.2 Å². The molecule has 2 aromatic heterocycles. The van der Waals surface area contributed by atoms with Crippen molar-refractivity contribution in [2.45, 2.75) is 44.3 Å². The van der Waals surface area contributed by atoms with Gasteiger partial charge in [-0.3, -0.25) is 14.3 Å². The maximum atomic E-state index is 12.4. The van der Waals surface area contributed by atoms with Crippen molar-refractivity contribution in [2.75, 3.05) is 0 Å². The fourth-order valence-electron chi connectivity index (χ4n) is 2.98. The highest BCUT2D eigenvalue weighted by Crippen LogP contribution is 2.28. The highest BCUT2D eigenvalue weighted by molar-refractivity contribution is 5.93. The second-order valence-electron chi connectivity index (χ2n) is 6.33. The molecule has 9 heteroatoms. The van der Waals surface area contributed by atoms with Crippen LogP contribution in [-0.4, -0.2) is 42.4 Å². The van der Waals surface area contributed by atoms with E-state index in [1.165, 1.54) is 6.20 Å². The summed E-state index contributed by atoms with van der Waals surface area (Å²) < 4.78 is 3.43. The smallest absolute Gasteiger partial charge is 0.254 e. The Bertz CT molecular complexity index is 790. The van der Waals surface area contributed by atoms with Crippen molar-refractivity contribution in [3.05, 3.63) is 29.6 Å². The molecule has 126 valence electrons. The molecule has 2 aromatic rings. The lowest BCUT2D eigenvalue weighted by Gasteiger charge is -2.15. The standard InChI is InChI=1S/C15H19N7O2/c1-21-8-9(6-17-21)14(23)16-7-13-20-19-12-5-4-11(22(12)13)15(24)18-10-2-3-10/h6,8,10-11H,2-5,7H2,1H3,(H,16,23)(H,18,24). The van der Waals surface area contributed by atoms with Crippen LogP contribution >= 0.6 is 0 Å². The van der Waals surface area contributed by atoms with Crippen LogP contribution in [-0.2, 0) is 24.8 Å². The zero-order valence-electron chi connectivity index (χ0n) is 13.4. The van der Waals surface area contributed by atoms with Gasteiger partial charge in [-0.1, -0.05) is 0 Å². The summed E-state index contributed by atoms with van der Waals surface area (Å²) >= 11 is 0. The molecule has 3 heterocycles. The van der Waals surface area contributed by atoms with E-state index in [0.29, 0.717) is 17.4 Å². The molecule has 4 rings (SSSR count). The minimum absolute atomic E-state index is 0.0240. The lowest BCUT2D eigenvalue weighted by atomic mass is 10.2. The lowest BCUT2D eigenvalue weighted by molar-refractivity contribution is -0.124. The first-order valence-corrected chi connectivity index (χ1v) is 8.11. The fraction of sp³-hybridized carbons (Fsp3) is 0.533. The first kappa shape index (κ1) is 14.9. The number of amides is 2. The Morgan fingerprint density at radius 1 is 1.29 bits per heavy atom. The number of carbonyl (C=O) groups is 2. The van der Waals surface area contributed by atoms with Gasteiger partial charge in [0.25, 0.3) is 5.91 Å². The van der Waals surface area contributed by atoms with E-state index < -0.39 is 0 Å². The van der Waals surface area contributed by atoms with Gasteiger partial charge in [0.05, 0.1) is 18.3 Å². The Morgan fingerprint density at radius 3 is 2.83 bits per heavy atom. The summed E-state index contributed by atoms with van der Waals surface area (Å²) in [5.74, 6) is 1.21. The zero-order chi connectivity index (χ0) is 16.7. The van der Waals surface area contributed by atoms with Gasteiger partial charge in [-0.15, -0.1) is 10.2 Å². The zero-order valence-corrected chi connectivity index (χ0v) is 13.4. The monoisotopic (exact) mass is 329 g/mol. The van der Waals surface area contributed by atoms with Crippen molar-refractivity contribution in [3.8, 4) is 0 Å². The van der Waals surface area contributed by atoms with E-state index >= 15 is 0 Å². The highest BCUT2D eigenvalue weighted by atomic mass is 16.2. The Balaban J connectivity index is 1.45. The number of hydrogen-bond acceptors (Lipinski definition) is 5. The van der Waals surface area contributed by atoms with Gasteiger partial charge in [-0.05, 0) is 19.3 Å². The van der Waals surface area contributed by atoms with Crippen molar-refractivity contribution < 1.29 is 9.59 Å². The molecule has 1 saturated carbocycles. The average molecular weight is 329 g/mol. The molecule has 0 bridgehead atoms. The van der Waals surface area contributed by atoms with E-state index in [1.54, 1.807) is 17.9 Å². The van der Waals surface area contributed by atoms with E-state index in [-0.39, 0.29) is 24.4 Å². The van der Waals surface area contributed by atoms with Crippen LogP contribution in [0.5, 0.6) is 0 Å². The van der Waals surface area contributed by atoms with E-state index in [1.807, 2.05) is 4.57 Å². The van der Waals surface area contributed by atoms with Gasteiger partial charge in [0.15, 0.2) is 5.82 Å². The third kappa shape index (κ3) is 2.77. The number of nitrogens with one attached hydrogen (secondary N) is 2. The summed E-state index contributed by atoms with van der Waals surface area (Å²) in [6, 6.07) is 0.0488. The topological polar surface area (TPSA) is 107 Å². The first-order valence-electron chi connectivity index (χ1n) is 8.11. The summed E-state index contributed by atoms with van der Waals surface area (Å²) in [7, 11) is 1.76. The van der Waals surface area contributed by atoms with Gasteiger partial charge in [0.1, 0.15) is 11.9 Å². The molecule has 1 aliphatic heterocycles. The second-order valence-corrected chi connectivity index (χ2v) is 6.33. The van der Waals surface area contributed by atoms with Gasteiger partial charge in [-0.25, -0.2) is 0 Å². The summed E-state index contributed by atoms with van der Waals surface area (Å²) in [6.07, 6.45) is 6.73. The van der Waals surface area contributed by atoms with Crippen molar-refractivity contribution in [2.24, 2.45) is 7.05 Å². The molecule has 0 aromatic carbocycles. The third-order valence-electron chi connectivity index (χ3n) is 4.39. The maximum absolute atomic E-state index is 12.4. The van der Waals surface area contributed by atoms with Crippen molar-refractivity contribution in [3.63, 3.8) is 0 Å². The second kappa shape index (κ2) is 5.73. The summed E-state index contributed by atoms with van der Waals surface area (Å²) in [5.41, 5.74) is 0.488. The molecule has 0 spiro atoms. The molecule has 2 amide bonds. The van der Waals surface area contributed by atoms with Crippen LogP contribution in [0.4, 0.5) is 0 Å². The summed E-state index contributed by atoms with van der Waals surface area (Å²) in [5, 5.41) is 18.1. The molecule has 9 nitrogen and oxygen atoms in total. The number of aryl methyl sites for hydroxylation is 2. The number of rotatable bonds is 5. The van der Waals surface area contributed by atoms with Gasteiger partial charge in [-0.2, -0.15) is 5.10 Å². The Morgan fingerprint density at radius 2 is 2.12 bits per heavy atom. The van der Waals surface area contributed by atoms with Crippen LogP contribution in [0.2, 0.25) is 0 Å². The molecule has 1 fully saturated rings. The average Bonchev–Trinajstić information content (AvgIpc) is 2.98. The van der Waals surface area contributed by atoms with Crippen LogP contribution in [0.25, 0.3) is 0 Å². The number of carbonyl (C=O) groups excluding carboxylic acids is 2. The van der Waals surface area contributed by atoms with Crippen molar-refractivity contribution in [1.29, 1.82) is 0 Å². The molecule has 2 N–H and O–H groups in total. The van der Waals surface area contributed by atoms with E-state index in [4.69, 9.17) is 0 Å². The maximum Gasteiger partial charge on any atom is 0.254 e. The molecule has 0 saturated heterocycles. The summed E-state index contributed by atoms with van der Waals surface area (Å²) in [6.45, 7) is 0.230. The van der Waals surface area contributed by atoms with Gasteiger partial charge in [0, 0.05) is 25.7 Å². The normalized spacial score (nSPS) is 19.1. The summed E-state index contributed by atoms with van der Waals surface area (Å²) in [4.78, 5) is 24.5. The number of aromatic nitrogens is 5. The van der Waals surface area contributed by atoms with Crippen LogP contribution in [0.15, 0.2) is 12.4 Å². The van der Waals surface area contributed by atoms with Crippen LogP contribution in [0.1, 0.15) is 47.3 Å². The van der Waals surface area contributed by atoms with E-state index in [0.717, 1.165) is 31.5 Å². The Labute approximate surface area is 138 Å². The molecular formula is C15H19N7O2. The number of nitrogens with zero attached hydrogens (tertiary/aromatic N) is 5. The molecule has 2 aliphatic rings.